The monoisotopic (exact) mass is 468 g/mol. The van der Waals surface area contributed by atoms with E-state index >= 15 is 0 Å². The summed E-state index contributed by atoms with van der Waals surface area (Å²) in [4.78, 5) is 35.5. The van der Waals surface area contributed by atoms with Crippen LogP contribution in [0.25, 0.3) is 0 Å². The van der Waals surface area contributed by atoms with Gasteiger partial charge in [0.1, 0.15) is 11.8 Å². The first-order chi connectivity index (χ1) is 12.3. The van der Waals surface area contributed by atoms with Crippen molar-refractivity contribution in [3.63, 3.8) is 0 Å². The highest BCUT2D eigenvalue weighted by Gasteiger charge is 2.33. The van der Waals surface area contributed by atoms with Crippen LogP contribution < -0.4 is 11.1 Å². The normalized spacial score (nSPS) is 16.0. The van der Waals surface area contributed by atoms with E-state index in [1.807, 2.05) is 5.32 Å². The maximum absolute atomic E-state index is 12.2. The fourth-order valence-corrected chi connectivity index (χ4v) is 4.11. The van der Waals surface area contributed by atoms with Crippen molar-refractivity contribution in [2.24, 2.45) is 11.7 Å². The first-order valence-electron chi connectivity index (χ1n) is 7.25. The Morgan fingerprint density at radius 1 is 0.857 bits per heavy atom. The Hall–Kier alpha value is -1.50. The van der Waals surface area contributed by atoms with Crippen LogP contribution in [0.1, 0.15) is 13.3 Å². The molecular formula is C11H20N2O12S3. The third-order valence-electron chi connectivity index (χ3n) is 3.22. The van der Waals surface area contributed by atoms with E-state index in [-0.39, 0.29) is 0 Å². The number of hydrogen-bond donors (Lipinski definition) is 5. The largest absolute Gasteiger partial charge is 0.345 e. The van der Waals surface area contributed by atoms with Crippen molar-refractivity contribution in [3.8, 4) is 0 Å². The molecule has 0 bridgehead atoms. The summed E-state index contributed by atoms with van der Waals surface area (Å²) >= 11 is 0. The lowest BCUT2D eigenvalue weighted by Crippen LogP contribution is -2.49. The fourth-order valence-electron chi connectivity index (χ4n) is 1.96. The summed E-state index contributed by atoms with van der Waals surface area (Å²) in [6, 6.07) is -3.61. The number of hydrogen-bond acceptors (Lipinski definition) is 10. The van der Waals surface area contributed by atoms with Gasteiger partial charge in [-0.1, -0.05) is 0 Å². The minimum atomic E-state index is -4.84. The second kappa shape index (κ2) is 9.81. The van der Waals surface area contributed by atoms with E-state index in [9.17, 15) is 39.6 Å². The van der Waals surface area contributed by atoms with Gasteiger partial charge in [-0.15, -0.1) is 0 Å². The molecule has 0 aliphatic heterocycles. The molecule has 0 aromatic heterocycles. The number of amides is 1. The Balaban J connectivity index is 5.51. The molecule has 164 valence electrons. The minimum Gasteiger partial charge on any atom is -0.345 e. The van der Waals surface area contributed by atoms with Crippen molar-refractivity contribution in [2.75, 3.05) is 17.3 Å². The molecule has 0 saturated heterocycles. The maximum atomic E-state index is 12.2. The first-order valence-corrected chi connectivity index (χ1v) is 12.1. The zero-order chi connectivity index (χ0) is 22.5. The van der Waals surface area contributed by atoms with E-state index in [1.54, 1.807) is 0 Å². The molecule has 0 aromatic carbocycles. The van der Waals surface area contributed by atoms with E-state index < -0.39 is 89.5 Å². The fraction of sp³-hybridized carbons (Fsp3) is 0.727. The van der Waals surface area contributed by atoms with E-state index in [0.29, 0.717) is 0 Å². The van der Waals surface area contributed by atoms with Crippen LogP contribution in [0.2, 0.25) is 0 Å². The number of nitrogens with one attached hydrogen (secondary N) is 1. The highest BCUT2D eigenvalue weighted by atomic mass is 32.2. The maximum Gasteiger partial charge on any atom is 0.267 e. The molecule has 3 atom stereocenters. The molecule has 0 saturated carbocycles. The molecule has 6 N–H and O–H groups in total. The lowest BCUT2D eigenvalue weighted by atomic mass is 9.99. The van der Waals surface area contributed by atoms with Crippen molar-refractivity contribution >= 4 is 47.8 Å². The molecule has 1 amide bonds. The molecule has 0 spiro atoms. The molecule has 14 nitrogen and oxygen atoms in total. The Morgan fingerprint density at radius 2 is 1.29 bits per heavy atom. The predicted octanol–water partition coefficient (Wildman–Crippen LogP) is -3.37. The molecule has 0 fully saturated rings. The number of ketones is 2. The molecule has 0 radical (unpaired) electrons. The molecule has 0 aliphatic rings. The van der Waals surface area contributed by atoms with Crippen molar-refractivity contribution in [2.45, 2.75) is 25.4 Å². The number of carbonyl (C=O) groups is 3. The third-order valence-corrected chi connectivity index (χ3v) is 5.58. The van der Waals surface area contributed by atoms with E-state index in [2.05, 4.69) is 0 Å². The Morgan fingerprint density at radius 3 is 1.64 bits per heavy atom. The number of carbonyl (C=O) groups excluding carboxylic acids is 3. The molecule has 0 aliphatic carbocycles. The standard InChI is InChI=1S/C11H20N2O12S3/c1-6(14)9(5-28(23,24)25)13-11(16)7(3-26(17,18)19)2-10(15)8(12)4-27(20,21)22/h7-9H,2-5,12H2,1H3,(H,13,16)(H,17,18,19)(H,20,21,22)(H,23,24,25)/t7-,8?,9-/m0/s1. The van der Waals surface area contributed by atoms with Crippen LogP contribution in [0.5, 0.6) is 0 Å². The summed E-state index contributed by atoms with van der Waals surface area (Å²) in [5.74, 6) is -9.11. The minimum absolute atomic E-state index is 0.862. The summed E-state index contributed by atoms with van der Waals surface area (Å²) in [5.41, 5.74) is 5.25. The van der Waals surface area contributed by atoms with Gasteiger partial charge in [-0.05, 0) is 6.92 Å². The summed E-state index contributed by atoms with van der Waals surface area (Å²) in [6.45, 7) is 0.862. The molecule has 0 aromatic rings. The van der Waals surface area contributed by atoms with Gasteiger partial charge in [0, 0.05) is 6.42 Å². The number of nitrogens with two attached hydrogens (primary N) is 1. The van der Waals surface area contributed by atoms with Crippen LogP contribution in [-0.4, -0.2) is 85.7 Å². The smallest absolute Gasteiger partial charge is 0.267 e. The van der Waals surface area contributed by atoms with Gasteiger partial charge >= 0.3 is 0 Å². The van der Waals surface area contributed by atoms with E-state index in [1.165, 1.54) is 0 Å². The van der Waals surface area contributed by atoms with Gasteiger partial charge in [-0.3, -0.25) is 28.0 Å². The summed E-state index contributed by atoms with van der Waals surface area (Å²) in [5, 5.41) is 1.82. The van der Waals surface area contributed by atoms with Gasteiger partial charge in [0.2, 0.25) is 5.91 Å². The predicted molar refractivity (Wildman–Crippen MR) is 92.9 cm³/mol. The van der Waals surface area contributed by atoms with E-state index in [4.69, 9.17) is 19.4 Å². The summed E-state index contributed by atoms with van der Waals surface area (Å²) < 4.78 is 91.8. The van der Waals surface area contributed by atoms with Crippen molar-refractivity contribution < 1.29 is 53.3 Å². The highest BCUT2D eigenvalue weighted by Crippen LogP contribution is 2.11. The average molecular weight is 468 g/mol. The Bertz CT molecular complexity index is 922. The summed E-state index contributed by atoms with van der Waals surface area (Å²) in [6.07, 6.45) is -1.02. The molecular weight excluding hydrogens is 448 g/mol. The van der Waals surface area contributed by atoms with Gasteiger partial charge in [0.25, 0.3) is 30.4 Å². The van der Waals surface area contributed by atoms with Gasteiger partial charge in [-0.2, -0.15) is 25.3 Å². The lowest BCUT2D eigenvalue weighted by Gasteiger charge is -2.20. The first kappa shape index (κ1) is 26.5. The van der Waals surface area contributed by atoms with Gasteiger partial charge in [0.15, 0.2) is 11.6 Å². The Kier molecular flexibility index (Phi) is 9.28. The van der Waals surface area contributed by atoms with Crippen LogP contribution in [-0.2, 0) is 44.7 Å². The topological polar surface area (TPSA) is 252 Å². The van der Waals surface area contributed by atoms with Crippen molar-refractivity contribution in [1.82, 2.24) is 5.32 Å². The van der Waals surface area contributed by atoms with Crippen LogP contribution in [0.15, 0.2) is 0 Å². The zero-order valence-electron chi connectivity index (χ0n) is 14.4. The third kappa shape index (κ3) is 12.1. The molecule has 0 rings (SSSR count). The van der Waals surface area contributed by atoms with Crippen molar-refractivity contribution in [1.29, 1.82) is 0 Å². The van der Waals surface area contributed by atoms with Gasteiger partial charge < -0.3 is 11.1 Å². The van der Waals surface area contributed by atoms with Crippen LogP contribution in [0.3, 0.4) is 0 Å². The summed E-state index contributed by atoms with van der Waals surface area (Å²) in [7, 11) is -14.2. The average Bonchev–Trinajstić information content (AvgIpc) is 2.40. The molecule has 17 heteroatoms. The molecule has 0 heterocycles. The van der Waals surface area contributed by atoms with Gasteiger partial charge in [-0.25, -0.2) is 0 Å². The Labute approximate surface area is 161 Å². The van der Waals surface area contributed by atoms with Crippen LogP contribution in [0.4, 0.5) is 0 Å². The van der Waals surface area contributed by atoms with Gasteiger partial charge in [0.05, 0.1) is 23.5 Å². The van der Waals surface area contributed by atoms with Crippen LogP contribution >= 0.6 is 0 Å². The number of rotatable bonds is 12. The van der Waals surface area contributed by atoms with E-state index in [0.717, 1.165) is 6.92 Å². The molecule has 28 heavy (non-hydrogen) atoms. The molecule has 1 unspecified atom stereocenters. The second-order valence-electron chi connectivity index (χ2n) is 5.89. The highest BCUT2D eigenvalue weighted by molar-refractivity contribution is 7.86. The second-order valence-corrected chi connectivity index (χ2v) is 10.4. The van der Waals surface area contributed by atoms with Crippen molar-refractivity contribution in [3.05, 3.63) is 0 Å². The number of Topliss-reactive ketones (excluding diaryl/α,β-unsaturated/α-hetero) is 2. The SMILES string of the molecule is CC(=O)[C@H](CS(=O)(=O)O)NC(=O)[C@@H](CC(=O)C(N)CS(=O)(=O)O)CS(=O)(=O)O. The lowest BCUT2D eigenvalue weighted by molar-refractivity contribution is -0.131. The zero-order valence-corrected chi connectivity index (χ0v) is 16.8. The quantitative estimate of drug-likeness (QED) is 0.175. The van der Waals surface area contributed by atoms with Crippen LogP contribution in [0, 0.1) is 5.92 Å².